The Morgan fingerprint density at radius 3 is 2.92 bits per heavy atom. The molecule has 0 aromatic heterocycles. The molecule has 1 aliphatic rings. The first kappa shape index (κ1) is 9.68. The van der Waals surface area contributed by atoms with E-state index < -0.39 is 0 Å². The van der Waals surface area contributed by atoms with Crippen LogP contribution in [-0.4, -0.2) is 43.5 Å². The lowest BCUT2D eigenvalue weighted by Crippen LogP contribution is -2.33. The highest BCUT2D eigenvalue weighted by molar-refractivity contribution is 5.81. The first-order valence-corrected chi connectivity index (χ1v) is 4.48. The van der Waals surface area contributed by atoms with E-state index in [1.165, 1.54) is 12.8 Å². The van der Waals surface area contributed by atoms with Crippen LogP contribution in [0.1, 0.15) is 19.8 Å². The van der Waals surface area contributed by atoms with Gasteiger partial charge in [-0.3, -0.25) is 9.69 Å². The van der Waals surface area contributed by atoms with Crippen molar-refractivity contribution in [2.45, 2.75) is 25.8 Å². The molecule has 0 aliphatic carbocycles. The lowest BCUT2D eigenvalue weighted by atomic mass is 10.2. The minimum absolute atomic E-state index is 0.186. The van der Waals surface area contributed by atoms with Gasteiger partial charge in [-0.2, -0.15) is 0 Å². The summed E-state index contributed by atoms with van der Waals surface area (Å²) in [5.41, 5.74) is 0. The van der Waals surface area contributed by atoms with Crippen molar-refractivity contribution in [1.29, 1.82) is 0 Å². The lowest BCUT2D eigenvalue weighted by Gasteiger charge is -2.19. The normalized spacial score (nSPS) is 24.7. The summed E-state index contributed by atoms with van der Waals surface area (Å²) in [6, 6.07) is 0.575. The molecule has 0 spiro atoms. The molecule has 1 fully saturated rings. The molecule has 0 amide bonds. The molecule has 0 saturated carbocycles. The predicted molar refractivity (Wildman–Crippen MR) is 47.2 cm³/mol. The van der Waals surface area contributed by atoms with E-state index in [2.05, 4.69) is 11.8 Å². The van der Waals surface area contributed by atoms with E-state index in [-0.39, 0.29) is 12.4 Å². The number of carbonyl (C=O) groups excluding carboxylic acids is 1. The second kappa shape index (κ2) is 4.58. The number of Topliss-reactive ketones (excluding diaryl/α,β-unsaturated/α-hetero) is 1. The maximum atomic E-state index is 11.2. The maximum Gasteiger partial charge on any atom is 0.172 e. The van der Waals surface area contributed by atoms with Crippen LogP contribution in [0.25, 0.3) is 0 Å². The minimum atomic E-state index is 0.186. The fourth-order valence-electron chi connectivity index (χ4n) is 1.66. The summed E-state index contributed by atoms with van der Waals surface area (Å²) >= 11 is 0. The topological polar surface area (TPSA) is 29.5 Å². The molecular weight excluding hydrogens is 154 g/mol. The van der Waals surface area contributed by atoms with Crippen molar-refractivity contribution < 1.29 is 9.53 Å². The highest BCUT2D eigenvalue weighted by Crippen LogP contribution is 2.15. The van der Waals surface area contributed by atoms with Gasteiger partial charge in [0.05, 0.1) is 6.54 Å². The average molecular weight is 171 g/mol. The number of methoxy groups -OCH3 is 1. The molecule has 3 nitrogen and oxygen atoms in total. The third kappa shape index (κ3) is 2.57. The Bertz CT molecular complexity index is 159. The number of ether oxygens (including phenoxy) is 1. The predicted octanol–water partition coefficient (Wildman–Crippen LogP) is 0.686. The molecule has 0 radical (unpaired) electrons. The van der Waals surface area contributed by atoms with E-state index in [0.29, 0.717) is 12.6 Å². The van der Waals surface area contributed by atoms with Crippen molar-refractivity contribution in [2.75, 3.05) is 26.8 Å². The molecule has 70 valence electrons. The molecule has 1 saturated heterocycles. The highest BCUT2D eigenvalue weighted by Gasteiger charge is 2.21. The van der Waals surface area contributed by atoms with Crippen LogP contribution in [0.2, 0.25) is 0 Å². The van der Waals surface area contributed by atoms with Crippen molar-refractivity contribution in [1.82, 2.24) is 4.90 Å². The third-order valence-corrected chi connectivity index (χ3v) is 2.38. The van der Waals surface area contributed by atoms with Crippen LogP contribution in [0.3, 0.4) is 0 Å². The van der Waals surface area contributed by atoms with Crippen molar-refractivity contribution in [3.8, 4) is 0 Å². The summed E-state index contributed by atoms with van der Waals surface area (Å²) in [6.07, 6.45) is 2.45. The largest absolute Gasteiger partial charge is 0.377 e. The number of ketones is 1. The molecule has 1 unspecified atom stereocenters. The SMILES string of the molecule is COCC(=O)CN1CCCC1C. The summed E-state index contributed by atoms with van der Waals surface area (Å²) < 4.78 is 4.77. The average Bonchev–Trinajstić information content (AvgIpc) is 2.37. The van der Waals surface area contributed by atoms with Crippen molar-refractivity contribution in [3.63, 3.8) is 0 Å². The fourth-order valence-corrected chi connectivity index (χ4v) is 1.66. The van der Waals surface area contributed by atoms with Gasteiger partial charge in [-0.05, 0) is 26.3 Å². The van der Waals surface area contributed by atoms with Gasteiger partial charge < -0.3 is 4.74 Å². The van der Waals surface area contributed by atoms with E-state index in [1.54, 1.807) is 7.11 Å². The Kier molecular flexibility index (Phi) is 3.69. The van der Waals surface area contributed by atoms with E-state index in [4.69, 9.17) is 4.74 Å². The Balaban J connectivity index is 2.25. The molecule has 12 heavy (non-hydrogen) atoms. The molecule has 1 atom stereocenters. The number of carbonyl (C=O) groups is 1. The first-order valence-electron chi connectivity index (χ1n) is 4.48. The second-order valence-corrected chi connectivity index (χ2v) is 3.43. The van der Waals surface area contributed by atoms with Crippen LogP contribution in [-0.2, 0) is 9.53 Å². The zero-order valence-electron chi connectivity index (χ0n) is 7.88. The fraction of sp³-hybridized carbons (Fsp3) is 0.889. The van der Waals surface area contributed by atoms with Crippen molar-refractivity contribution in [2.24, 2.45) is 0 Å². The van der Waals surface area contributed by atoms with Gasteiger partial charge in [0.1, 0.15) is 6.61 Å². The van der Waals surface area contributed by atoms with Gasteiger partial charge in [-0.15, -0.1) is 0 Å². The van der Waals surface area contributed by atoms with Gasteiger partial charge in [-0.1, -0.05) is 0 Å². The van der Waals surface area contributed by atoms with Crippen molar-refractivity contribution >= 4 is 5.78 Å². The molecule has 0 bridgehead atoms. The maximum absolute atomic E-state index is 11.2. The van der Waals surface area contributed by atoms with Gasteiger partial charge in [0.15, 0.2) is 5.78 Å². The quantitative estimate of drug-likeness (QED) is 0.623. The van der Waals surface area contributed by atoms with Crippen LogP contribution in [0, 0.1) is 0 Å². The van der Waals surface area contributed by atoms with E-state index >= 15 is 0 Å². The number of hydrogen-bond acceptors (Lipinski definition) is 3. The van der Waals surface area contributed by atoms with Crippen LogP contribution < -0.4 is 0 Å². The molecular formula is C9H17NO2. The third-order valence-electron chi connectivity index (χ3n) is 2.38. The zero-order chi connectivity index (χ0) is 8.97. The monoisotopic (exact) mass is 171 g/mol. The Labute approximate surface area is 73.7 Å². The molecule has 1 aliphatic heterocycles. The van der Waals surface area contributed by atoms with Crippen LogP contribution >= 0.6 is 0 Å². The molecule has 3 heteroatoms. The van der Waals surface area contributed by atoms with Gasteiger partial charge in [0, 0.05) is 13.2 Å². The van der Waals surface area contributed by atoms with Gasteiger partial charge in [0.25, 0.3) is 0 Å². The molecule has 1 heterocycles. The molecule has 1 rings (SSSR count). The van der Waals surface area contributed by atoms with Crippen LogP contribution in [0.15, 0.2) is 0 Å². The van der Waals surface area contributed by atoms with Gasteiger partial charge >= 0.3 is 0 Å². The second-order valence-electron chi connectivity index (χ2n) is 3.43. The smallest absolute Gasteiger partial charge is 0.172 e. The summed E-state index contributed by atoms with van der Waals surface area (Å²) in [5, 5.41) is 0. The minimum Gasteiger partial charge on any atom is -0.377 e. The Morgan fingerprint density at radius 1 is 1.67 bits per heavy atom. The van der Waals surface area contributed by atoms with E-state index in [1.807, 2.05) is 0 Å². The van der Waals surface area contributed by atoms with E-state index in [9.17, 15) is 4.79 Å². The summed E-state index contributed by atoms with van der Waals surface area (Å²) in [5.74, 6) is 0.186. The Morgan fingerprint density at radius 2 is 2.42 bits per heavy atom. The van der Waals surface area contributed by atoms with Crippen LogP contribution in [0.5, 0.6) is 0 Å². The van der Waals surface area contributed by atoms with Gasteiger partial charge in [0.2, 0.25) is 0 Å². The number of hydrogen-bond donors (Lipinski definition) is 0. The highest BCUT2D eigenvalue weighted by atomic mass is 16.5. The van der Waals surface area contributed by atoms with Gasteiger partial charge in [-0.25, -0.2) is 0 Å². The molecule has 0 N–H and O–H groups in total. The zero-order valence-corrected chi connectivity index (χ0v) is 7.88. The first-order chi connectivity index (χ1) is 5.74. The summed E-state index contributed by atoms with van der Waals surface area (Å²) in [7, 11) is 1.56. The van der Waals surface area contributed by atoms with Crippen molar-refractivity contribution in [3.05, 3.63) is 0 Å². The van der Waals surface area contributed by atoms with Crippen LogP contribution in [0.4, 0.5) is 0 Å². The number of rotatable bonds is 4. The molecule has 0 aromatic rings. The number of nitrogens with zero attached hydrogens (tertiary/aromatic N) is 1. The molecule has 0 aromatic carbocycles. The Hall–Kier alpha value is -0.410. The summed E-state index contributed by atoms with van der Waals surface area (Å²) in [4.78, 5) is 13.4. The lowest BCUT2D eigenvalue weighted by molar-refractivity contribution is -0.123. The van der Waals surface area contributed by atoms with E-state index in [0.717, 1.165) is 6.54 Å². The number of likely N-dealkylation sites (tertiary alicyclic amines) is 1. The summed E-state index contributed by atoms with van der Waals surface area (Å²) in [6.45, 7) is 4.06. The standard InChI is InChI=1S/C9H17NO2/c1-8-4-3-5-10(8)6-9(11)7-12-2/h8H,3-7H2,1-2H3.